The van der Waals surface area contributed by atoms with Crippen LogP contribution in [0.3, 0.4) is 0 Å². The van der Waals surface area contributed by atoms with Gasteiger partial charge >= 0.3 is 0 Å². The molecule has 3 heteroatoms. The number of rotatable bonds is 5. The number of ether oxygens (including phenoxy) is 1. The van der Waals surface area contributed by atoms with Crippen molar-refractivity contribution in [3.63, 3.8) is 0 Å². The SMILES string of the molecule is C1CCC(OCCN2CCNC(C3CC3)C2)CC1. The zero-order valence-corrected chi connectivity index (χ0v) is 11.6. The summed E-state index contributed by atoms with van der Waals surface area (Å²) in [5, 5.41) is 3.67. The molecule has 1 atom stereocenters. The predicted octanol–water partition coefficient (Wildman–Crippen LogP) is 2.02. The Kier molecular flexibility index (Phi) is 4.55. The largest absolute Gasteiger partial charge is 0.377 e. The van der Waals surface area contributed by atoms with Gasteiger partial charge in [-0.1, -0.05) is 19.3 Å². The summed E-state index contributed by atoms with van der Waals surface area (Å²) in [6.45, 7) is 5.71. The van der Waals surface area contributed by atoms with E-state index in [0.29, 0.717) is 6.10 Å². The Bertz CT molecular complexity index is 249. The van der Waals surface area contributed by atoms with Gasteiger partial charge in [-0.15, -0.1) is 0 Å². The van der Waals surface area contributed by atoms with Gasteiger partial charge in [0.2, 0.25) is 0 Å². The van der Waals surface area contributed by atoms with E-state index in [2.05, 4.69) is 10.2 Å². The Hall–Kier alpha value is -0.120. The maximum Gasteiger partial charge on any atom is 0.0597 e. The summed E-state index contributed by atoms with van der Waals surface area (Å²) >= 11 is 0. The highest BCUT2D eigenvalue weighted by molar-refractivity contribution is 4.91. The second-order valence-corrected chi connectivity index (χ2v) is 6.33. The molecule has 0 aromatic heterocycles. The molecule has 0 radical (unpaired) electrons. The van der Waals surface area contributed by atoms with E-state index in [1.807, 2.05) is 0 Å². The van der Waals surface area contributed by atoms with Crippen LogP contribution in [-0.4, -0.2) is 49.8 Å². The second-order valence-electron chi connectivity index (χ2n) is 6.33. The first-order valence-corrected chi connectivity index (χ1v) is 7.99. The van der Waals surface area contributed by atoms with Gasteiger partial charge in [0.05, 0.1) is 12.7 Å². The summed E-state index contributed by atoms with van der Waals surface area (Å²) in [4.78, 5) is 2.60. The topological polar surface area (TPSA) is 24.5 Å². The van der Waals surface area contributed by atoms with Crippen LogP contribution in [0.5, 0.6) is 0 Å². The molecule has 2 saturated carbocycles. The number of piperazine rings is 1. The Morgan fingerprint density at radius 2 is 1.89 bits per heavy atom. The highest BCUT2D eigenvalue weighted by atomic mass is 16.5. The molecule has 0 amide bonds. The zero-order valence-electron chi connectivity index (χ0n) is 11.6. The van der Waals surface area contributed by atoms with E-state index in [-0.39, 0.29) is 0 Å². The van der Waals surface area contributed by atoms with E-state index >= 15 is 0 Å². The van der Waals surface area contributed by atoms with Crippen molar-refractivity contribution in [1.82, 2.24) is 10.2 Å². The number of nitrogens with zero attached hydrogens (tertiary/aromatic N) is 1. The maximum absolute atomic E-state index is 6.03. The monoisotopic (exact) mass is 252 g/mol. The Balaban J connectivity index is 1.32. The van der Waals surface area contributed by atoms with Gasteiger partial charge in [-0.2, -0.15) is 0 Å². The van der Waals surface area contributed by atoms with Crippen molar-refractivity contribution >= 4 is 0 Å². The van der Waals surface area contributed by atoms with Crippen molar-refractivity contribution in [1.29, 1.82) is 0 Å². The third-order valence-electron chi connectivity index (χ3n) is 4.79. The maximum atomic E-state index is 6.03. The molecule has 2 aliphatic carbocycles. The van der Waals surface area contributed by atoms with Gasteiger partial charge in [-0.25, -0.2) is 0 Å². The first-order chi connectivity index (χ1) is 8.92. The minimum absolute atomic E-state index is 0.570. The van der Waals surface area contributed by atoms with E-state index in [0.717, 1.165) is 25.1 Å². The lowest BCUT2D eigenvalue weighted by atomic mass is 9.98. The summed E-state index contributed by atoms with van der Waals surface area (Å²) in [6, 6.07) is 0.772. The van der Waals surface area contributed by atoms with E-state index < -0.39 is 0 Å². The molecular formula is C15H28N2O. The van der Waals surface area contributed by atoms with Crippen LogP contribution in [0.15, 0.2) is 0 Å². The molecule has 0 bridgehead atoms. The first-order valence-electron chi connectivity index (χ1n) is 7.99. The fraction of sp³-hybridized carbons (Fsp3) is 1.00. The Morgan fingerprint density at radius 1 is 1.06 bits per heavy atom. The molecule has 1 heterocycles. The summed E-state index contributed by atoms with van der Waals surface area (Å²) in [7, 11) is 0. The average molecular weight is 252 g/mol. The minimum Gasteiger partial charge on any atom is -0.377 e. The second kappa shape index (κ2) is 6.36. The fourth-order valence-electron chi connectivity index (χ4n) is 3.44. The van der Waals surface area contributed by atoms with Crippen LogP contribution in [-0.2, 0) is 4.74 Å². The first kappa shape index (κ1) is 12.9. The molecule has 3 aliphatic rings. The normalized spacial score (nSPS) is 31.7. The molecule has 3 nitrogen and oxygen atoms in total. The van der Waals surface area contributed by atoms with Crippen molar-refractivity contribution < 1.29 is 4.74 Å². The Morgan fingerprint density at radius 3 is 2.67 bits per heavy atom. The number of hydrogen-bond donors (Lipinski definition) is 1. The lowest BCUT2D eigenvalue weighted by molar-refractivity contribution is 0.0123. The molecule has 1 N–H and O–H groups in total. The van der Waals surface area contributed by atoms with Crippen molar-refractivity contribution in [3.8, 4) is 0 Å². The highest BCUT2D eigenvalue weighted by Gasteiger charge is 2.33. The molecule has 3 fully saturated rings. The standard InChI is InChI=1S/C15H28N2O/c1-2-4-14(5-3-1)18-11-10-17-9-8-16-15(12-17)13-6-7-13/h13-16H,1-12H2. The smallest absolute Gasteiger partial charge is 0.0597 e. The number of nitrogens with one attached hydrogen (secondary N) is 1. The van der Waals surface area contributed by atoms with Crippen LogP contribution in [0.2, 0.25) is 0 Å². The van der Waals surface area contributed by atoms with Crippen LogP contribution >= 0.6 is 0 Å². The van der Waals surface area contributed by atoms with Crippen LogP contribution in [0, 0.1) is 5.92 Å². The van der Waals surface area contributed by atoms with Crippen molar-refractivity contribution in [2.75, 3.05) is 32.8 Å². The van der Waals surface area contributed by atoms with Crippen molar-refractivity contribution in [2.24, 2.45) is 5.92 Å². The molecule has 1 saturated heterocycles. The third kappa shape index (κ3) is 3.69. The summed E-state index contributed by atoms with van der Waals surface area (Å²) < 4.78 is 6.03. The van der Waals surface area contributed by atoms with Crippen LogP contribution in [0.4, 0.5) is 0 Å². The fourth-order valence-corrected chi connectivity index (χ4v) is 3.44. The van der Waals surface area contributed by atoms with Gasteiger partial charge in [0.25, 0.3) is 0 Å². The molecule has 0 aromatic carbocycles. The zero-order chi connectivity index (χ0) is 12.2. The van der Waals surface area contributed by atoms with Gasteiger partial charge in [-0.05, 0) is 31.6 Å². The van der Waals surface area contributed by atoms with Gasteiger partial charge in [0.1, 0.15) is 0 Å². The van der Waals surface area contributed by atoms with Gasteiger partial charge in [0.15, 0.2) is 0 Å². The molecule has 0 aromatic rings. The van der Waals surface area contributed by atoms with Crippen LogP contribution in [0.1, 0.15) is 44.9 Å². The molecule has 18 heavy (non-hydrogen) atoms. The van der Waals surface area contributed by atoms with Crippen molar-refractivity contribution in [3.05, 3.63) is 0 Å². The van der Waals surface area contributed by atoms with Crippen LogP contribution in [0.25, 0.3) is 0 Å². The van der Waals surface area contributed by atoms with E-state index in [4.69, 9.17) is 4.74 Å². The molecular weight excluding hydrogens is 224 g/mol. The average Bonchev–Trinajstić information content (AvgIpc) is 3.25. The predicted molar refractivity (Wildman–Crippen MR) is 73.8 cm³/mol. The van der Waals surface area contributed by atoms with Gasteiger partial charge in [0, 0.05) is 32.2 Å². The lowest BCUT2D eigenvalue weighted by Crippen LogP contribution is -2.52. The quantitative estimate of drug-likeness (QED) is 0.810. The summed E-state index contributed by atoms with van der Waals surface area (Å²) in [5.41, 5.74) is 0. The molecule has 1 aliphatic heterocycles. The lowest BCUT2D eigenvalue weighted by Gasteiger charge is -2.34. The molecule has 0 spiro atoms. The Labute approximate surface area is 111 Å². The summed E-state index contributed by atoms with van der Waals surface area (Å²) in [5.74, 6) is 0.979. The summed E-state index contributed by atoms with van der Waals surface area (Å²) in [6.07, 6.45) is 10.2. The minimum atomic E-state index is 0.570. The highest BCUT2D eigenvalue weighted by Crippen LogP contribution is 2.33. The number of hydrogen-bond acceptors (Lipinski definition) is 3. The molecule has 1 unspecified atom stereocenters. The van der Waals surface area contributed by atoms with E-state index in [1.165, 1.54) is 64.6 Å². The van der Waals surface area contributed by atoms with Gasteiger partial charge in [-0.3, -0.25) is 4.90 Å². The van der Waals surface area contributed by atoms with E-state index in [9.17, 15) is 0 Å². The van der Waals surface area contributed by atoms with E-state index in [1.54, 1.807) is 0 Å². The van der Waals surface area contributed by atoms with Crippen molar-refractivity contribution in [2.45, 2.75) is 57.1 Å². The third-order valence-corrected chi connectivity index (χ3v) is 4.79. The molecule has 104 valence electrons. The molecule has 3 rings (SSSR count). The van der Waals surface area contributed by atoms with Crippen LogP contribution < -0.4 is 5.32 Å². The van der Waals surface area contributed by atoms with Gasteiger partial charge < -0.3 is 10.1 Å².